The summed E-state index contributed by atoms with van der Waals surface area (Å²) < 4.78 is 58.9. The number of carbonyl (C=O) groups is 3. The number of fused-ring (bicyclic) bond motifs is 1. The first-order chi connectivity index (χ1) is 17.7. The standard InChI is InChI=1S/C24H25F4N7O3/c1-13(36)34-10-9-33(22(38)23(34,2)3)19(25)17(32-21(37)14-7-5-4-6-8-14)16-11-15(24(26,27)28)18-20(29)30-12-31-35(16)18/h4-8,11-12,17,19H,9-10H2,1-3H3,(H,32,37)(H2,29,30,31). The van der Waals surface area contributed by atoms with E-state index in [1.165, 1.54) is 37.8 Å². The number of hydrogen-bond donors (Lipinski definition) is 2. The molecule has 0 aliphatic carbocycles. The number of nitrogens with zero attached hydrogens (tertiary/aromatic N) is 5. The summed E-state index contributed by atoms with van der Waals surface area (Å²) in [7, 11) is 0. The van der Waals surface area contributed by atoms with Crippen LogP contribution in [0.1, 0.15) is 48.4 Å². The van der Waals surface area contributed by atoms with Gasteiger partial charge in [0.25, 0.3) is 5.91 Å². The zero-order valence-electron chi connectivity index (χ0n) is 20.7. The van der Waals surface area contributed by atoms with Crippen molar-refractivity contribution in [1.29, 1.82) is 0 Å². The molecule has 0 radical (unpaired) electrons. The molecule has 3 aromatic rings. The monoisotopic (exact) mass is 535 g/mol. The largest absolute Gasteiger partial charge is 0.418 e. The second-order valence-electron chi connectivity index (χ2n) is 9.30. The van der Waals surface area contributed by atoms with E-state index in [1.807, 2.05) is 0 Å². The van der Waals surface area contributed by atoms with Gasteiger partial charge in [0, 0.05) is 25.6 Å². The molecule has 38 heavy (non-hydrogen) atoms. The molecule has 1 fully saturated rings. The van der Waals surface area contributed by atoms with Gasteiger partial charge < -0.3 is 20.9 Å². The van der Waals surface area contributed by atoms with Crippen molar-refractivity contribution in [3.05, 3.63) is 59.5 Å². The minimum Gasteiger partial charge on any atom is -0.382 e. The average molecular weight is 536 g/mol. The Hall–Kier alpha value is -4.23. The maximum atomic E-state index is 16.4. The number of anilines is 1. The van der Waals surface area contributed by atoms with Gasteiger partial charge in [0.1, 0.15) is 23.4 Å². The molecule has 1 aromatic carbocycles. The number of rotatable bonds is 5. The van der Waals surface area contributed by atoms with Crippen LogP contribution in [0.5, 0.6) is 0 Å². The molecular weight excluding hydrogens is 510 g/mol. The summed E-state index contributed by atoms with van der Waals surface area (Å²) in [4.78, 5) is 44.1. The van der Waals surface area contributed by atoms with Crippen molar-refractivity contribution in [1.82, 2.24) is 29.7 Å². The fraction of sp³-hybridized carbons (Fsp3) is 0.375. The second kappa shape index (κ2) is 9.58. The van der Waals surface area contributed by atoms with Crippen LogP contribution in [-0.4, -0.2) is 67.0 Å². The summed E-state index contributed by atoms with van der Waals surface area (Å²) in [6.07, 6.45) is -6.35. The maximum Gasteiger partial charge on any atom is 0.418 e. The summed E-state index contributed by atoms with van der Waals surface area (Å²) in [5, 5.41) is 6.27. The van der Waals surface area contributed by atoms with E-state index in [-0.39, 0.29) is 18.7 Å². The zero-order valence-corrected chi connectivity index (χ0v) is 20.7. The third-order valence-electron chi connectivity index (χ3n) is 6.53. The van der Waals surface area contributed by atoms with Crippen LogP contribution in [0.3, 0.4) is 0 Å². The van der Waals surface area contributed by atoms with Crippen molar-refractivity contribution in [3.8, 4) is 0 Å². The van der Waals surface area contributed by atoms with E-state index in [0.717, 1.165) is 15.7 Å². The molecular formula is C24H25F4N7O3. The Kier molecular flexibility index (Phi) is 6.76. The van der Waals surface area contributed by atoms with Gasteiger partial charge in [-0.2, -0.15) is 18.3 Å². The van der Waals surface area contributed by atoms with E-state index in [9.17, 15) is 27.6 Å². The number of hydrogen-bond acceptors (Lipinski definition) is 6. The van der Waals surface area contributed by atoms with E-state index in [0.29, 0.717) is 6.07 Å². The molecule has 2 atom stereocenters. The maximum absolute atomic E-state index is 16.4. The first kappa shape index (κ1) is 26.8. The van der Waals surface area contributed by atoms with E-state index < -0.39 is 64.4 Å². The predicted octanol–water partition coefficient (Wildman–Crippen LogP) is 2.57. The van der Waals surface area contributed by atoms with E-state index >= 15 is 4.39 Å². The molecule has 3 N–H and O–H groups in total. The number of nitrogen functional groups attached to an aromatic ring is 1. The van der Waals surface area contributed by atoms with Crippen molar-refractivity contribution >= 4 is 29.1 Å². The van der Waals surface area contributed by atoms with Gasteiger partial charge in [-0.1, -0.05) is 18.2 Å². The van der Waals surface area contributed by atoms with Crippen molar-refractivity contribution < 1.29 is 31.9 Å². The highest BCUT2D eigenvalue weighted by Crippen LogP contribution is 2.39. The van der Waals surface area contributed by atoms with Crippen molar-refractivity contribution in [2.24, 2.45) is 0 Å². The lowest BCUT2D eigenvalue weighted by atomic mass is 9.96. The normalized spacial score (nSPS) is 17.4. The Morgan fingerprint density at radius 2 is 1.82 bits per heavy atom. The van der Waals surface area contributed by atoms with Crippen LogP contribution in [0.2, 0.25) is 0 Å². The Balaban J connectivity index is 1.84. The number of amides is 3. The van der Waals surface area contributed by atoms with Crippen molar-refractivity contribution in [2.45, 2.75) is 44.8 Å². The summed E-state index contributed by atoms with van der Waals surface area (Å²) in [5.74, 6) is -2.48. The SMILES string of the molecule is CC(=O)N1CCN(C(F)C(NC(=O)c2ccccc2)c2cc(C(F)(F)F)c3c(N)ncnn23)C(=O)C1(C)C. The Bertz CT molecular complexity index is 1390. The van der Waals surface area contributed by atoms with Gasteiger partial charge in [0.2, 0.25) is 18.1 Å². The van der Waals surface area contributed by atoms with Crippen LogP contribution in [0, 0.1) is 0 Å². The third-order valence-corrected chi connectivity index (χ3v) is 6.53. The fourth-order valence-corrected chi connectivity index (χ4v) is 4.65. The fourth-order valence-electron chi connectivity index (χ4n) is 4.65. The summed E-state index contributed by atoms with van der Waals surface area (Å²) in [5.41, 5.74) is 2.15. The molecule has 0 saturated carbocycles. The third kappa shape index (κ3) is 4.61. The number of piperazine rings is 1. The minimum atomic E-state index is -4.91. The molecule has 2 aromatic heterocycles. The lowest BCUT2D eigenvalue weighted by Crippen LogP contribution is -2.66. The van der Waals surface area contributed by atoms with Gasteiger partial charge in [-0.3, -0.25) is 14.4 Å². The van der Waals surface area contributed by atoms with Crippen LogP contribution < -0.4 is 11.1 Å². The lowest BCUT2D eigenvalue weighted by Gasteiger charge is -2.47. The highest BCUT2D eigenvalue weighted by atomic mass is 19.4. The molecule has 1 saturated heterocycles. The van der Waals surface area contributed by atoms with Crippen LogP contribution in [0.4, 0.5) is 23.4 Å². The molecule has 202 valence electrons. The molecule has 4 rings (SSSR count). The first-order valence-electron chi connectivity index (χ1n) is 11.5. The molecule has 3 amide bonds. The highest BCUT2D eigenvalue weighted by molar-refractivity contribution is 5.95. The first-order valence-corrected chi connectivity index (χ1v) is 11.5. The van der Waals surface area contributed by atoms with Crippen LogP contribution >= 0.6 is 0 Å². The van der Waals surface area contributed by atoms with Gasteiger partial charge in [0.15, 0.2) is 5.82 Å². The van der Waals surface area contributed by atoms with Gasteiger partial charge in [0.05, 0.1) is 11.3 Å². The van der Waals surface area contributed by atoms with E-state index in [4.69, 9.17) is 5.73 Å². The number of nitrogens with two attached hydrogens (primary N) is 1. The molecule has 2 unspecified atom stereocenters. The summed E-state index contributed by atoms with van der Waals surface area (Å²) in [6, 6.07) is 6.48. The Morgan fingerprint density at radius 1 is 1.16 bits per heavy atom. The highest BCUT2D eigenvalue weighted by Gasteiger charge is 2.48. The molecule has 1 aliphatic rings. The number of alkyl halides is 4. The Morgan fingerprint density at radius 3 is 2.42 bits per heavy atom. The second-order valence-corrected chi connectivity index (χ2v) is 9.30. The van der Waals surface area contributed by atoms with Crippen LogP contribution in [-0.2, 0) is 15.8 Å². The number of benzene rings is 1. The molecule has 10 nitrogen and oxygen atoms in total. The van der Waals surface area contributed by atoms with E-state index in [1.54, 1.807) is 18.2 Å². The lowest BCUT2D eigenvalue weighted by molar-refractivity contribution is -0.164. The summed E-state index contributed by atoms with van der Waals surface area (Å²) in [6.45, 7) is 3.88. The molecule has 0 spiro atoms. The van der Waals surface area contributed by atoms with Crippen molar-refractivity contribution in [3.63, 3.8) is 0 Å². The van der Waals surface area contributed by atoms with E-state index in [2.05, 4.69) is 15.4 Å². The van der Waals surface area contributed by atoms with Gasteiger partial charge in [-0.15, -0.1) is 0 Å². The smallest absolute Gasteiger partial charge is 0.382 e. The topological polar surface area (TPSA) is 126 Å². The summed E-state index contributed by atoms with van der Waals surface area (Å²) >= 11 is 0. The number of halogens is 4. The van der Waals surface area contributed by atoms with Gasteiger partial charge in [-0.25, -0.2) is 13.9 Å². The number of nitrogens with one attached hydrogen (secondary N) is 1. The minimum absolute atomic E-state index is 0.0222. The quantitative estimate of drug-likeness (QED) is 0.382. The average Bonchev–Trinajstić information content (AvgIpc) is 3.25. The molecule has 0 bridgehead atoms. The molecule has 1 aliphatic heterocycles. The van der Waals surface area contributed by atoms with Crippen LogP contribution in [0.15, 0.2) is 42.7 Å². The molecule has 3 heterocycles. The van der Waals surface area contributed by atoms with Crippen molar-refractivity contribution in [2.75, 3.05) is 18.8 Å². The molecule has 14 heteroatoms. The Labute approximate surface area is 214 Å². The van der Waals surface area contributed by atoms with Gasteiger partial charge in [-0.05, 0) is 32.0 Å². The number of aromatic nitrogens is 3. The van der Waals surface area contributed by atoms with Gasteiger partial charge >= 0.3 is 6.18 Å². The number of carbonyl (C=O) groups excluding carboxylic acids is 3. The zero-order chi connectivity index (χ0) is 28.0. The predicted molar refractivity (Wildman–Crippen MR) is 127 cm³/mol. The van der Waals surface area contributed by atoms with Crippen LogP contribution in [0.25, 0.3) is 5.52 Å².